The molecule has 14 heteroatoms. The topological polar surface area (TPSA) is 89.6 Å². The Morgan fingerprint density at radius 1 is 1.33 bits per heavy atom. The molecule has 1 aromatic heterocycles. The maximum absolute atomic E-state index is 14.6. The number of nitrogens with zero attached hydrogens (tertiary/aromatic N) is 2. The van der Waals surface area contributed by atoms with Gasteiger partial charge in [0.15, 0.2) is 6.10 Å². The van der Waals surface area contributed by atoms with Gasteiger partial charge in [-0.1, -0.05) is 11.6 Å². The van der Waals surface area contributed by atoms with Crippen LogP contribution in [0.15, 0.2) is 35.5 Å². The van der Waals surface area contributed by atoms with E-state index in [0.29, 0.717) is 0 Å². The number of rotatable bonds is 5. The second-order valence-electron chi connectivity index (χ2n) is 7.02. The summed E-state index contributed by atoms with van der Waals surface area (Å²) < 4.78 is 98.0. The number of aliphatic imine (C=N–C) groups is 1. The standard InChI is InChI=1S/C19H14ClF7N4O2/c20-11-3-8(15(23)24)6-29-14(11)16(32)30-9-1-2-12(22)10(4-9)18(7-21)5-13(19(25,26)27)33-17(28)31-18/h1-4,6,13,15H,5,7H2,(H2,28,31)(H,30,32). The second kappa shape index (κ2) is 9.04. The van der Waals surface area contributed by atoms with Gasteiger partial charge < -0.3 is 15.8 Å². The average molecular weight is 499 g/mol. The number of aromatic nitrogens is 1. The number of nitrogens with one attached hydrogen (secondary N) is 1. The summed E-state index contributed by atoms with van der Waals surface area (Å²) in [5, 5.41) is 1.85. The first-order valence-corrected chi connectivity index (χ1v) is 9.43. The van der Waals surface area contributed by atoms with E-state index in [1.54, 1.807) is 0 Å². The zero-order valence-electron chi connectivity index (χ0n) is 16.3. The van der Waals surface area contributed by atoms with Crippen molar-refractivity contribution in [2.45, 2.75) is 30.7 Å². The van der Waals surface area contributed by atoms with Crippen LogP contribution < -0.4 is 11.1 Å². The number of carbonyl (C=O) groups is 1. The predicted octanol–water partition coefficient (Wildman–Crippen LogP) is 4.89. The highest BCUT2D eigenvalue weighted by Crippen LogP contribution is 2.42. The molecular weight excluding hydrogens is 485 g/mol. The molecule has 6 nitrogen and oxygen atoms in total. The summed E-state index contributed by atoms with van der Waals surface area (Å²) in [4.78, 5) is 19.6. The quantitative estimate of drug-likeness (QED) is 0.574. The van der Waals surface area contributed by atoms with Crippen LogP contribution in [0.25, 0.3) is 0 Å². The Bertz CT molecular complexity index is 1100. The normalized spacial score (nSPS) is 20.9. The minimum atomic E-state index is -4.93. The molecule has 0 aliphatic carbocycles. The van der Waals surface area contributed by atoms with E-state index in [-0.39, 0.29) is 5.69 Å². The average Bonchev–Trinajstić information content (AvgIpc) is 2.73. The van der Waals surface area contributed by atoms with Gasteiger partial charge in [0.1, 0.15) is 23.7 Å². The highest BCUT2D eigenvalue weighted by Gasteiger charge is 2.52. The third kappa shape index (κ3) is 5.13. The summed E-state index contributed by atoms with van der Waals surface area (Å²) in [5.41, 5.74) is 1.16. The van der Waals surface area contributed by atoms with Crippen molar-refractivity contribution >= 4 is 29.2 Å². The number of carbonyl (C=O) groups excluding carboxylic acids is 1. The van der Waals surface area contributed by atoms with Crippen LogP contribution in [0.1, 0.15) is 34.5 Å². The summed E-state index contributed by atoms with van der Waals surface area (Å²) in [6.07, 6.45) is -10.7. The first-order chi connectivity index (χ1) is 15.4. The lowest BCUT2D eigenvalue weighted by molar-refractivity contribution is -0.209. The van der Waals surface area contributed by atoms with E-state index < -0.39 is 76.9 Å². The molecule has 2 atom stereocenters. The van der Waals surface area contributed by atoms with E-state index in [2.05, 4.69) is 20.0 Å². The van der Waals surface area contributed by atoms with Crippen molar-refractivity contribution in [3.05, 3.63) is 58.1 Å². The molecule has 2 heterocycles. The van der Waals surface area contributed by atoms with Gasteiger partial charge in [-0.3, -0.25) is 4.79 Å². The SMILES string of the molecule is NC1=NC(CF)(c2cc(NC(=O)c3ncc(C(F)F)cc3Cl)ccc2F)CC(C(F)(F)F)O1. The van der Waals surface area contributed by atoms with Crippen molar-refractivity contribution in [2.24, 2.45) is 10.7 Å². The number of halogens is 8. The highest BCUT2D eigenvalue weighted by molar-refractivity contribution is 6.34. The lowest BCUT2D eigenvalue weighted by Crippen LogP contribution is -2.48. The summed E-state index contributed by atoms with van der Waals surface area (Å²) in [6, 6.07) is 2.55. The van der Waals surface area contributed by atoms with E-state index >= 15 is 0 Å². The van der Waals surface area contributed by atoms with Gasteiger partial charge in [-0.05, 0) is 24.3 Å². The van der Waals surface area contributed by atoms with E-state index in [1.165, 1.54) is 0 Å². The molecule has 1 aliphatic heterocycles. The molecular formula is C19H14ClF7N4O2. The smallest absolute Gasteiger partial charge is 0.425 e. The van der Waals surface area contributed by atoms with Crippen molar-refractivity contribution in [3.63, 3.8) is 0 Å². The van der Waals surface area contributed by atoms with E-state index in [1.807, 2.05) is 0 Å². The van der Waals surface area contributed by atoms with Gasteiger partial charge in [0.05, 0.1) is 5.02 Å². The summed E-state index contributed by atoms with van der Waals surface area (Å²) in [6.45, 7) is -1.56. The molecule has 1 amide bonds. The minimum Gasteiger partial charge on any atom is -0.452 e. The fraction of sp³-hybridized carbons (Fsp3) is 0.316. The van der Waals surface area contributed by atoms with E-state index in [9.17, 15) is 35.5 Å². The number of benzene rings is 1. The van der Waals surface area contributed by atoms with Crippen molar-refractivity contribution < 1.29 is 40.3 Å². The van der Waals surface area contributed by atoms with Gasteiger partial charge in [-0.15, -0.1) is 0 Å². The fourth-order valence-electron chi connectivity index (χ4n) is 3.18. The third-order valence-electron chi connectivity index (χ3n) is 4.75. The first-order valence-electron chi connectivity index (χ1n) is 9.06. The number of anilines is 1. The third-order valence-corrected chi connectivity index (χ3v) is 5.04. The maximum atomic E-state index is 14.6. The molecule has 0 saturated heterocycles. The maximum Gasteiger partial charge on any atom is 0.425 e. The van der Waals surface area contributed by atoms with Gasteiger partial charge in [0.2, 0.25) is 0 Å². The molecule has 1 aliphatic rings. The van der Waals surface area contributed by atoms with Gasteiger partial charge >= 0.3 is 6.18 Å². The Morgan fingerprint density at radius 3 is 2.61 bits per heavy atom. The Morgan fingerprint density at radius 2 is 2.03 bits per heavy atom. The number of hydrogen-bond acceptors (Lipinski definition) is 5. The van der Waals surface area contributed by atoms with Gasteiger partial charge in [-0.2, -0.15) is 13.2 Å². The molecule has 0 saturated carbocycles. The van der Waals surface area contributed by atoms with E-state index in [4.69, 9.17) is 17.3 Å². The molecule has 0 spiro atoms. The largest absolute Gasteiger partial charge is 0.452 e. The van der Waals surface area contributed by atoms with Gasteiger partial charge in [0.25, 0.3) is 18.4 Å². The first kappa shape index (κ1) is 24.6. The molecule has 2 aromatic rings. The van der Waals surface area contributed by atoms with Crippen molar-refractivity contribution in [1.82, 2.24) is 4.98 Å². The fourth-order valence-corrected chi connectivity index (χ4v) is 3.44. The van der Waals surface area contributed by atoms with Crippen molar-refractivity contribution in [1.29, 1.82) is 0 Å². The number of pyridine rings is 1. The second-order valence-corrected chi connectivity index (χ2v) is 7.42. The molecule has 0 radical (unpaired) electrons. The van der Waals surface area contributed by atoms with Crippen LogP contribution in [-0.4, -0.2) is 35.9 Å². The molecule has 3 rings (SSSR count). The Labute approximate surface area is 186 Å². The Kier molecular flexibility index (Phi) is 6.73. The number of nitrogens with two attached hydrogens (primary N) is 1. The number of hydrogen-bond donors (Lipinski definition) is 2. The molecule has 1 aromatic carbocycles. The van der Waals surface area contributed by atoms with Crippen LogP contribution in [-0.2, 0) is 10.3 Å². The van der Waals surface area contributed by atoms with Crippen LogP contribution in [0, 0.1) is 5.82 Å². The highest BCUT2D eigenvalue weighted by atomic mass is 35.5. The van der Waals surface area contributed by atoms with Gasteiger partial charge in [0, 0.05) is 29.4 Å². The monoisotopic (exact) mass is 498 g/mol. The lowest BCUT2D eigenvalue weighted by Gasteiger charge is -2.36. The summed E-state index contributed by atoms with van der Waals surface area (Å²) in [5.74, 6) is -2.10. The lowest BCUT2D eigenvalue weighted by atomic mass is 9.84. The zero-order valence-corrected chi connectivity index (χ0v) is 17.0. The number of amides is 1. The van der Waals surface area contributed by atoms with Crippen LogP contribution in [0.4, 0.5) is 36.4 Å². The molecule has 2 unspecified atom stereocenters. The minimum absolute atomic E-state index is 0.177. The van der Waals surface area contributed by atoms with E-state index in [0.717, 1.165) is 30.5 Å². The Balaban J connectivity index is 1.95. The molecule has 0 bridgehead atoms. The van der Waals surface area contributed by atoms with Crippen LogP contribution in [0.5, 0.6) is 0 Å². The number of ether oxygens (including phenoxy) is 1. The predicted molar refractivity (Wildman–Crippen MR) is 103 cm³/mol. The van der Waals surface area contributed by atoms with Gasteiger partial charge in [-0.25, -0.2) is 27.5 Å². The zero-order chi connectivity index (χ0) is 24.6. The molecule has 3 N–H and O–H groups in total. The van der Waals surface area contributed by atoms with Crippen LogP contribution in [0.3, 0.4) is 0 Å². The van der Waals surface area contributed by atoms with Crippen LogP contribution >= 0.6 is 11.6 Å². The van der Waals surface area contributed by atoms with Crippen molar-refractivity contribution in [2.75, 3.05) is 12.0 Å². The molecule has 178 valence electrons. The number of alkyl halides is 6. The summed E-state index contributed by atoms with van der Waals surface area (Å²) in [7, 11) is 0. The van der Waals surface area contributed by atoms with Crippen LogP contribution in [0.2, 0.25) is 5.02 Å². The number of amidine groups is 1. The molecule has 0 fully saturated rings. The van der Waals surface area contributed by atoms with Crippen molar-refractivity contribution in [3.8, 4) is 0 Å². The molecule has 33 heavy (non-hydrogen) atoms. The summed E-state index contributed by atoms with van der Waals surface area (Å²) >= 11 is 5.81. The Hall–Kier alpha value is -3.09.